The van der Waals surface area contributed by atoms with Crippen LogP contribution in [0.3, 0.4) is 0 Å². The zero-order chi connectivity index (χ0) is 20.9. The fourth-order valence-corrected chi connectivity index (χ4v) is 4.75. The van der Waals surface area contributed by atoms with Crippen molar-refractivity contribution in [2.75, 3.05) is 13.1 Å². The SMILES string of the molecule is O=C(CC1CCN(S(=O)(=O)c2ccc([N+](=O)[O-])cc2)CC1)OCc1ccccc1. The first-order valence-corrected chi connectivity index (χ1v) is 10.7. The molecule has 154 valence electrons. The average Bonchev–Trinajstić information content (AvgIpc) is 2.73. The fourth-order valence-electron chi connectivity index (χ4n) is 3.28. The number of nitro groups is 1. The number of hydrogen-bond acceptors (Lipinski definition) is 6. The van der Waals surface area contributed by atoms with Crippen LogP contribution in [0.15, 0.2) is 59.5 Å². The Balaban J connectivity index is 1.50. The van der Waals surface area contributed by atoms with Gasteiger partial charge in [0, 0.05) is 31.6 Å². The molecule has 0 radical (unpaired) electrons. The minimum atomic E-state index is -3.71. The van der Waals surface area contributed by atoms with Crippen LogP contribution in [0, 0.1) is 16.0 Å². The van der Waals surface area contributed by atoms with Crippen LogP contribution in [-0.2, 0) is 26.2 Å². The standard InChI is InChI=1S/C20H22N2O6S/c23-20(28-15-17-4-2-1-3-5-17)14-16-10-12-21(13-11-16)29(26,27)19-8-6-18(7-9-19)22(24)25/h1-9,16H,10-15H2. The van der Waals surface area contributed by atoms with Crippen molar-refractivity contribution in [2.45, 2.75) is 30.8 Å². The number of nitrogens with zero attached hydrogens (tertiary/aromatic N) is 2. The summed E-state index contributed by atoms with van der Waals surface area (Å²) in [7, 11) is -3.71. The molecule has 8 nitrogen and oxygen atoms in total. The zero-order valence-electron chi connectivity index (χ0n) is 15.8. The lowest BCUT2D eigenvalue weighted by atomic mass is 9.95. The average molecular weight is 418 g/mol. The van der Waals surface area contributed by atoms with Crippen LogP contribution in [0.25, 0.3) is 0 Å². The predicted molar refractivity (Wildman–Crippen MR) is 105 cm³/mol. The molecule has 0 bridgehead atoms. The number of sulfonamides is 1. The fraction of sp³-hybridized carbons (Fsp3) is 0.350. The van der Waals surface area contributed by atoms with Crippen molar-refractivity contribution in [3.63, 3.8) is 0 Å². The third kappa shape index (κ3) is 5.39. The molecule has 1 saturated heterocycles. The molecule has 9 heteroatoms. The van der Waals surface area contributed by atoms with E-state index in [9.17, 15) is 23.3 Å². The summed E-state index contributed by atoms with van der Waals surface area (Å²) in [4.78, 5) is 22.2. The van der Waals surface area contributed by atoms with E-state index in [2.05, 4.69) is 0 Å². The van der Waals surface area contributed by atoms with Gasteiger partial charge in [-0.25, -0.2) is 8.42 Å². The van der Waals surface area contributed by atoms with E-state index in [0.29, 0.717) is 25.9 Å². The highest BCUT2D eigenvalue weighted by Gasteiger charge is 2.30. The number of carbonyl (C=O) groups excluding carboxylic acids is 1. The summed E-state index contributed by atoms with van der Waals surface area (Å²) in [6.07, 6.45) is 1.39. The molecular weight excluding hydrogens is 396 g/mol. The van der Waals surface area contributed by atoms with Gasteiger partial charge < -0.3 is 4.74 Å². The van der Waals surface area contributed by atoms with Gasteiger partial charge in [0.25, 0.3) is 5.69 Å². The van der Waals surface area contributed by atoms with Crippen LogP contribution in [0.4, 0.5) is 5.69 Å². The Hall–Kier alpha value is -2.78. The van der Waals surface area contributed by atoms with Gasteiger partial charge in [0.05, 0.1) is 9.82 Å². The maximum atomic E-state index is 12.7. The summed E-state index contributed by atoms with van der Waals surface area (Å²) >= 11 is 0. The lowest BCUT2D eigenvalue weighted by Gasteiger charge is -2.30. The summed E-state index contributed by atoms with van der Waals surface area (Å²) in [6, 6.07) is 14.3. The molecule has 0 aromatic heterocycles. The first-order chi connectivity index (χ1) is 13.9. The van der Waals surface area contributed by atoms with Crippen molar-refractivity contribution in [1.82, 2.24) is 4.31 Å². The Kier molecular flexibility index (Phi) is 6.60. The molecular formula is C20H22N2O6S. The number of hydrogen-bond donors (Lipinski definition) is 0. The Labute approximate surface area is 169 Å². The Morgan fingerprint density at radius 2 is 1.69 bits per heavy atom. The second kappa shape index (κ2) is 9.15. The van der Waals surface area contributed by atoms with Crippen LogP contribution in [0.1, 0.15) is 24.8 Å². The van der Waals surface area contributed by atoms with Gasteiger partial charge in [-0.3, -0.25) is 14.9 Å². The largest absolute Gasteiger partial charge is 0.461 e. The number of esters is 1. The molecule has 1 aliphatic heterocycles. The van der Waals surface area contributed by atoms with Gasteiger partial charge in [-0.05, 0) is 36.5 Å². The monoisotopic (exact) mass is 418 g/mol. The Bertz CT molecular complexity index is 952. The van der Waals surface area contributed by atoms with E-state index in [1.54, 1.807) is 0 Å². The molecule has 1 fully saturated rings. The highest BCUT2D eigenvalue weighted by Crippen LogP contribution is 2.27. The number of ether oxygens (including phenoxy) is 1. The maximum Gasteiger partial charge on any atom is 0.306 e. The maximum absolute atomic E-state index is 12.7. The number of carbonyl (C=O) groups is 1. The van der Waals surface area contributed by atoms with Crippen molar-refractivity contribution < 1.29 is 22.9 Å². The Morgan fingerprint density at radius 1 is 1.07 bits per heavy atom. The second-order valence-electron chi connectivity index (χ2n) is 6.95. The van der Waals surface area contributed by atoms with Gasteiger partial charge in [0.15, 0.2) is 0 Å². The molecule has 2 aromatic rings. The van der Waals surface area contributed by atoms with E-state index in [0.717, 1.165) is 5.56 Å². The number of benzene rings is 2. The van der Waals surface area contributed by atoms with Gasteiger partial charge in [0.1, 0.15) is 6.61 Å². The predicted octanol–water partition coefficient (Wildman–Crippen LogP) is 3.13. The van der Waals surface area contributed by atoms with Crippen molar-refractivity contribution in [3.05, 3.63) is 70.3 Å². The molecule has 2 aromatic carbocycles. The molecule has 1 heterocycles. The molecule has 3 rings (SSSR count). The van der Waals surface area contributed by atoms with Gasteiger partial charge >= 0.3 is 5.97 Å². The first kappa shape index (κ1) is 20.9. The molecule has 0 unspecified atom stereocenters. The van der Waals surface area contributed by atoms with Gasteiger partial charge in [-0.2, -0.15) is 4.31 Å². The lowest BCUT2D eigenvalue weighted by molar-refractivity contribution is -0.384. The minimum absolute atomic E-state index is 0.0313. The van der Waals surface area contributed by atoms with E-state index in [-0.39, 0.29) is 35.5 Å². The molecule has 29 heavy (non-hydrogen) atoms. The zero-order valence-corrected chi connectivity index (χ0v) is 16.6. The van der Waals surface area contributed by atoms with Crippen LogP contribution in [-0.4, -0.2) is 36.7 Å². The summed E-state index contributed by atoms with van der Waals surface area (Å²) in [5, 5.41) is 10.7. The van der Waals surface area contributed by atoms with Crippen molar-refractivity contribution in [2.24, 2.45) is 5.92 Å². The third-order valence-electron chi connectivity index (χ3n) is 4.96. The smallest absolute Gasteiger partial charge is 0.306 e. The van der Waals surface area contributed by atoms with Crippen LogP contribution in [0.2, 0.25) is 0 Å². The van der Waals surface area contributed by atoms with E-state index in [1.165, 1.54) is 28.6 Å². The minimum Gasteiger partial charge on any atom is -0.461 e. The van der Waals surface area contributed by atoms with Gasteiger partial charge in [-0.1, -0.05) is 30.3 Å². The Morgan fingerprint density at radius 3 is 2.28 bits per heavy atom. The third-order valence-corrected chi connectivity index (χ3v) is 6.87. The second-order valence-corrected chi connectivity index (χ2v) is 8.89. The summed E-state index contributed by atoms with van der Waals surface area (Å²) in [5.74, 6) is -0.216. The molecule has 0 amide bonds. The van der Waals surface area contributed by atoms with Crippen molar-refractivity contribution in [1.29, 1.82) is 0 Å². The number of nitro benzene ring substituents is 1. The van der Waals surface area contributed by atoms with Gasteiger partial charge in [0.2, 0.25) is 10.0 Å². The number of rotatable bonds is 7. The topological polar surface area (TPSA) is 107 Å². The molecule has 0 spiro atoms. The highest BCUT2D eigenvalue weighted by atomic mass is 32.2. The number of piperidine rings is 1. The molecule has 0 saturated carbocycles. The number of non-ortho nitro benzene ring substituents is 1. The van der Waals surface area contributed by atoms with Crippen molar-refractivity contribution in [3.8, 4) is 0 Å². The summed E-state index contributed by atoms with van der Waals surface area (Å²) in [5.41, 5.74) is 0.765. The van der Waals surface area contributed by atoms with Crippen molar-refractivity contribution >= 4 is 21.7 Å². The first-order valence-electron chi connectivity index (χ1n) is 9.30. The van der Waals surface area contributed by atoms with Gasteiger partial charge in [-0.15, -0.1) is 0 Å². The van der Waals surface area contributed by atoms with E-state index in [1.807, 2.05) is 30.3 Å². The summed E-state index contributed by atoms with van der Waals surface area (Å²) in [6.45, 7) is 0.832. The quantitative estimate of drug-likeness (QED) is 0.388. The highest BCUT2D eigenvalue weighted by molar-refractivity contribution is 7.89. The molecule has 0 aliphatic carbocycles. The normalized spacial score (nSPS) is 15.7. The molecule has 0 N–H and O–H groups in total. The lowest BCUT2D eigenvalue weighted by Crippen LogP contribution is -2.38. The molecule has 0 atom stereocenters. The summed E-state index contributed by atoms with van der Waals surface area (Å²) < 4.78 is 32.1. The van der Waals surface area contributed by atoms with Crippen LogP contribution in [0.5, 0.6) is 0 Å². The van der Waals surface area contributed by atoms with E-state index >= 15 is 0 Å². The molecule has 1 aliphatic rings. The van der Waals surface area contributed by atoms with Crippen LogP contribution >= 0.6 is 0 Å². The van der Waals surface area contributed by atoms with Crippen LogP contribution < -0.4 is 0 Å². The van der Waals surface area contributed by atoms with E-state index in [4.69, 9.17) is 4.74 Å². The van der Waals surface area contributed by atoms with E-state index < -0.39 is 14.9 Å².